The first kappa shape index (κ1) is 26.3. The zero-order valence-corrected chi connectivity index (χ0v) is 25.8. The molecule has 0 amide bonds. The molecular weight excluding hydrogens is 565 g/mol. The summed E-state index contributed by atoms with van der Waals surface area (Å²) in [5, 5.41) is 2.57. The van der Waals surface area contributed by atoms with Crippen LogP contribution >= 0.6 is 0 Å². The monoisotopic (exact) mass is 594 g/mol. The van der Waals surface area contributed by atoms with Gasteiger partial charge in [-0.1, -0.05) is 170 Å². The first-order valence-electron chi connectivity index (χ1n) is 16.4. The molecule has 10 rings (SSSR count). The molecule has 0 N–H and O–H groups in total. The smallest absolute Gasteiger partial charge is 0.0622 e. The summed E-state index contributed by atoms with van der Waals surface area (Å²) in [5.41, 5.74) is 17.9. The SMILES string of the molecule is c1ccc(-c2ccc(-c3ccc(-c4ccccc4)c4cc5c(cc34)C3(c4ccccc4-c4ccccc43)c3ccccc3-5)cc2)cc1. The van der Waals surface area contributed by atoms with Crippen molar-refractivity contribution in [2.75, 3.05) is 0 Å². The Hall–Kier alpha value is -5.98. The van der Waals surface area contributed by atoms with Crippen LogP contribution in [0.3, 0.4) is 0 Å². The molecule has 8 aromatic rings. The Labute approximate surface area is 275 Å². The fourth-order valence-electron chi connectivity index (χ4n) is 8.52. The van der Waals surface area contributed by atoms with Gasteiger partial charge in [-0.25, -0.2) is 0 Å². The van der Waals surface area contributed by atoms with Crippen LogP contribution in [0.25, 0.3) is 66.4 Å². The Morgan fingerprint density at radius 1 is 0.234 bits per heavy atom. The average Bonchev–Trinajstić information content (AvgIpc) is 3.61. The Kier molecular flexibility index (Phi) is 5.59. The zero-order valence-electron chi connectivity index (χ0n) is 25.8. The Bertz CT molecular complexity index is 2440. The minimum atomic E-state index is -0.371. The van der Waals surface area contributed by atoms with Crippen molar-refractivity contribution in [1.29, 1.82) is 0 Å². The molecule has 0 radical (unpaired) electrons. The van der Waals surface area contributed by atoms with Crippen molar-refractivity contribution in [2.45, 2.75) is 5.41 Å². The van der Waals surface area contributed by atoms with Crippen LogP contribution in [0.1, 0.15) is 22.3 Å². The highest BCUT2D eigenvalue weighted by Gasteiger charge is 2.51. The number of fused-ring (bicyclic) bond motifs is 11. The predicted molar refractivity (Wildman–Crippen MR) is 197 cm³/mol. The van der Waals surface area contributed by atoms with Crippen LogP contribution in [0.4, 0.5) is 0 Å². The van der Waals surface area contributed by atoms with Gasteiger partial charge in [0.1, 0.15) is 0 Å². The van der Waals surface area contributed by atoms with E-state index in [0.29, 0.717) is 0 Å². The van der Waals surface area contributed by atoms with Crippen LogP contribution in [-0.2, 0) is 5.41 Å². The van der Waals surface area contributed by atoms with E-state index in [4.69, 9.17) is 0 Å². The molecule has 0 aliphatic heterocycles. The lowest BCUT2D eigenvalue weighted by Gasteiger charge is -2.30. The molecule has 0 unspecified atom stereocenters. The van der Waals surface area contributed by atoms with Crippen LogP contribution in [0.2, 0.25) is 0 Å². The third-order valence-electron chi connectivity index (χ3n) is 10.5. The molecule has 47 heavy (non-hydrogen) atoms. The van der Waals surface area contributed by atoms with Gasteiger partial charge in [-0.3, -0.25) is 0 Å². The highest BCUT2D eigenvalue weighted by molar-refractivity contribution is 6.09. The largest absolute Gasteiger partial charge is 0.0725 e. The molecule has 0 heteroatoms. The molecule has 0 aromatic heterocycles. The summed E-state index contributed by atoms with van der Waals surface area (Å²) in [7, 11) is 0. The van der Waals surface area contributed by atoms with Crippen molar-refractivity contribution < 1.29 is 0 Å². The summed E-state index contributed by atoms with van der Waals surface area (Å²) in [4.78, 5) is 0. The molecule has 0 saturated carbocycles. The van der Waals surface area contributed by atoms with Crippen LogP contribution in [0.5, 0.6) is 0 Å². The van der Waals surface area contributed by atoms with Gasteiger partial charge in [-0.15, -0.1) is 0 Å². The number of hydrogen-bond acceptors (Lipinski definition) is 0. The summed E-state index contributed by atoms with van der Waals surface area (Å²) in [5.74, 6) is 0. The second-order valence-corrected chi connectivity index (χ2v) is 12.8. The summed E-state index contributed by atoms with van der Waals surface area (Å²) >= 11 is 0. The number of rotatable bonds is 3. The fourth-order valence-corrected chi connectivity index (χ4v) is 8.52. The predicted octanol–water partition coefficient (Wildman–Crippen LogP) is 12.2. The molecule has 0 bridgehead atoms. The lowest BCUT2D eigenvalue weighted by atomic mass is 9.70. The maximum absolute atomic E-state index is 2.54. The maximum atomic E-state index is 2.54. The average molecular weight is 595 g/mol. The molecule has 0 atom stereocenters. The quantitative estimate of drug-likeness (QED) is 0.191. The van der Waals surface area contributed by atoms with Gasteiger partial charge >= 0.3 is 0 Å². The Morgan fingerprint density at radius 3 is 1.17 bits per heavy atom. The molecule has 0 nitrogen and oxygen atoms in total. The first-order valence-corrected chi connectivity index (χ1v) is 16.4. The van der Waals surface area contributed by atoms with E-state index in [2.05, 4.69) is 182 Å². The molecule has 1 spiro atoms. The summed E-state index contributed by atoms with van der Waals surface area (Å²) in [6.45, 7) is 0. The van der Waals surface area contributed by atoms with E-state index in [-0.39, 0.29) is 5.41 Å². The molecule has 2 aliphatic rings. The van der Waals surface area contributed by atoms with Crippen molar-refractivity contribution in [3.8, 4) is 55.6 Å². The van der Waals surface area contributed by atoms with Gasteiger partial charge in [0.25, 0.3) is 0 Å². The third-order valence-corrected chi connectivity index (χ3v) is 10.5. The van der Waals surface area contributed by atoms with Crippen molar-refractivity contribution in [3.63, 3.8) is 0 Å². The molecule has 2 aliphatic carbocycles. The summed E-state index contributed by atoms with van der Waals surface area (Å²) < 4.78 is 0. The van der Waals surface area contributed by atoms with Gasteiger partial charge in [0.05, 0.1) is 5.41 Å². The Morgan fingerprint density at radius 2 is 0.617 bits per heavy atom. The molecule has 0 heterocycles. The van der Waals surface area contributed by atoms with Crippen LogP contribution in [0, 0.1) is 0 Å². The lowest BCUT2D eigenvalue weighted by molar-refractivity contribution is 0.795. The van der Waals surface area contributed by atoms with Gasteiger partial charge in [0.2, 0.25) is 0 Å². The second-order valence-electron chi connectivity index (χ2n) is 12.8. The van der Waals surface area contributed by atoms with E-state index in [1.54, 1.807) is 0 Å². The molecule has 0 saturated heterocycles. The van der Waals surface area contributed by atoms with E-state index < -0.39 is 0 Å². The molecular formula is C47H30. The lowest BCUT2D eigenvalue weighted by Crippen LogP contribution is -2.25. The van der Waals surface area contributed by atoms with E-state index >= 15 is 0 Å². The van der Waals surface area contributed by atoms with E-state index in [9.17, 15) is 0 Å². The normalized spacial score (nSPS) is 13.3. The van der Waals surface area contributed by atoms with E-state index in [0.717, 1.165) is 0 Å². The summed E-state index contributed by atoms with van der Waals surface area (Å²) in [6.07, 6.45) is 0. The van der Waals surface area contributed by atoms with Crippen molar-refractivity contribution in [3.05, 3.63) is 204 Å². The fraction of sp³-hybridized carbons (Fsp3) is 0.0213. The van der Waals surface area contributed by atoms with Gasteiger partial charge < -0.3 is 0 Å². The first-order chi connectivity index (χ1) is 23.3. The van der Waals surface area contributed by atoms with Gasteiger partial charge in [0.15, 0.2) is 0 Å². The standard InChI is InChI=1S/C47H30/c1-3-13-31(14-4-1)32-23-25-34(26-24-32)36-28-27-35(33-15-5-2-6-16-33)40-29-42-39-19-9-12-22-45(39)47(46(42)30-41(36)40)43-20-10-7-17-37(43)38-18-8-11-21-44(38)47/h1-30H. The topological polar surface area (TPSA) is 0 Å². The zero-order chi connectivity index (χ0) is 31.0. The van der Waals surface area contributed by atoms with E-state index in [1.165, 1.54) is 88.7 Å². The van der Waals surface area contributed by atoms with Crippen molar-refractivity contribution in [2.24, 2.45) is 0 Å². The van der Waals surface area contributed by atoms with Gasteiger partial charge in [-0.05, 0) is 101 Å². The van der Waals surface area contributed by atoms with Crippen LogP contribution in [-0.4, -0.2) is 0 Å². The minimum Gasteiger partial charge on any atom is -0.0622 e. The maximum Gasteiger partial charge on any atom is 0.0725 e. The summed E-state index contributed by atoms with van der Waals surface area (Å²) in [6, 6.07) is 67.5. The molecule has 8 aromatic carbocycles. The van der Waals surface area contributed by atoms with Gasteiger partial charge in [0, 0.05) is 0 Å². The van der Waals surface area contributed by atoms with Crippen molar-refractivity contribution in [1.82, 2.24) is 0 Å². The van der Waals surface area contributed by atoms with Crippen LogP contribution < -0.4 is 0 Å². The highest BCUT2D eigenvalue weighted by Crippen LogP contribution is 2.63. The number of hydrogen-bond donors (Lipinski definition) is 0. The van der Waals surface area contributed by atoms with E-state index in [1.807, 2.05) is 0 Å². The van der Waals surface area contributed by atoms with Gasteiger partial charge in [-0.2, -0.15) is 0 Å². The third kappa shape index (κ3) is 3.64. The Balaban J connectivity index is 1.30. The molecule has 218 valence electrons. The molecule has 0 fully saturated rings. The minimum absolute atomic E-state index is 0.371. The van der Waals surface area contributed by atoms with Crippen LogP contribution in [0.15, 0.2) is 182 Å². The second kappa shape index (κ2) is 10.0. The number of benzene rings is 8. The van der Waals surface area contributed by atoms with Crippen molar-refractivity contribution >= 4 is 10.8 Å². The highest BCUT2D eigenvalue weighted by atomic mass is 14.5.